The lowest BCUT2D eigenvalue weighted by atomic mass is 10.0. The van der Waals surface area contributed by atoms with Crippen LogP contribution in [0.5, 0.6) is 0 Å². The van der Waals surface area contributed by atoms with Crippen LogP contribution in [0.4, 0.5) is 10.1 Å². The van der Waals surface area contributed by atoms with Crippen LogP contribution in [-0.2, 0) is 6.42 Å². The summed E-state index contributed by atoms with van der Waals surface area (Å²) in [6.45, 7) is 2.48. The van der Waals surface area contributed by atoms with Crippen molar-refractivity contribution >= 4 is 17.6 Å². The minimum Gasteiger partial charge on any atom is -0.371 e. The molecule has 30 heavy (non-hydrogen) atoms. The van der Waals surface area contributed by atoms with E-state index in [1.165, 1.54) is 6.07 Å². The third kappa shape index (κ3) is 5.95. The van der Waals surface area contributed by atoms with Crippen LogP contribution in [0.25, 0.3) is 0 Å². The molecule has 0 saturated carbocycles. The van der Waals surface area contributed by atoms with E-state index in [9.17, 15) is 9.18 Å². The van der Waals surface area contributed by atoms with Gasteiger partial charge in [-0.15, -0.1) is 0 Å². The van der Waals surface area contributed by atoms with Crippen molar-refractivity contribution < 1.29 is 9.18 Å². The Morgan fingerprint density at radius 3 is 2.63 bits per heavy atom. The van der Waals surface area contributed by atoms with E-state index in [0.29, 0.717) is 11.6 Å². The molecule has 1 saturated heterocycles. The molecule has 0 aliphatic carbocycles. The van der Waals surface area contributed by atoms with Crippen LogP contribution in [0, 0.1) is 5.82 Å². The summed E-state index contributed by atoms with van der Waals surface area (Å²) in [7, 11) is 3.40. The van der Waals surface area contributed by atoms with Crippen molar-refractivity contribution in [3.8, 4) is 0 Å². The zero-order valence-electron chi connectivity index (χ0n) is 17.6. The van der Waals surface area contributed by atoms with Gasteiger partial charge in [-0.1, -0.05) is 18.2 Å². The highest BCUT2D eigenvalue weighted by Gasteiger charge is 2.20. The first-order valence-corrected chi connectivity index (χ1v) is 10.4. The van der Waals surface area contributed by atoms with Gasteiger partial charge >= 0.3 is 0 Å². The van der Waals surface area contributed by atoms with Gasteiger partial charge in [-0.25, -0.2) is 4.39 Å². The summed E-state index contributed by atoms with van der Waals surface area (Å²) in [6.07, 6.45) is 2.72. The second-order valence-electron chi connectivity index (χ2n) is 7.41. The van der Waals surface area contributed by atoms with Crippen LogP contribution in [0.3, 0.4) is 0 Å². The van der Waals surface area contributed by atoms with E-state index >= 15 is 0 Å². The van der Waals surface area contributed by atoms with Crippen LogP contribution in [0.1, 0.15) is 28.8 Å². The Kier molecular flexibility index (Phi) is 7.65. The number of guanidine groups is 1. The number of rotatable bonds is 6. The molecule has 2 aromatic carbocycles. The van der Waals surface area contributed by atoms with Gasteiger partial charge in [-0.2, -0.15) is 0 Å². The molecular weight excluding hydrogens is 381 g/mol. The lowest BCUT2D eigenvalue weighted by molar-refractivity contribution is 0.0963. The van der Waals surface area contributed by atoms with E-state index in [4.69, 9.17) is 0 Å². The standard InChI is InChI=1S/C23H30FN5O/c1-25-22(30)18-6-3-5-17(15-18)9-12-27-23(26-2)28-20-10-13-29(14-11-20)21-8-4-7-19(24)16-21/h3-8,15-16,20H,9-14H2,1-2H3,(H,25,30)(H2,26,27,28). The minimum absolute atomic E-state index is 0.0770. The fourth-order valence-electron chi connectivity index (χ4n) is 3.68. The molecule has 2 aromatic rings. The Bertz CT molecular complexity index is 877. The fraction of sp³-hybridized carbons (Fsp3) is 0.391. The van der Waals surface area contributed by atoms with Crippen molar-refractivity contribution in [2.45, 2.75) is 25.3 Å². The Labute approximate surface area is 177 Å². The Morgan fingerprint density at radius 1 is 1.17 bits per heavy atom. The van der Waals surface area contributed by atoms with Gasteiger partial charge in [0.2, 0.25) is 0 Å². The molecule has 0 unspecified atom stereocenters. The predicted octanol–water partition coefficient (Wildman–Crippen LogP) is 2.56. The van der Waals surface area contributed by atoms with Gasteiger partial charge in [0.25, 0.3) is 5.91 Å². The van der Waals surface area contributed by atoms with Crippen LogP contribution in [-0.4, -0.2) is 51.6 Å². The summed E-state index contributed by atoms with van der Waals surface area (Å²) in [5.41, 5.74) is 2.71. The first kappa shape index (κ1) is 21.6. The number of benzene rings is 2. The number of halogens is 1. The van der Waals surface area contributed by atoms with Gasteiger partial charge in [0.15, 0.2) is 5.96 Å². The number of piperidine rings is 1. The monoisotopic (exact) mass is 411 g/mol. The maximum Gasteiger partial charge on any atom is 0.251 e. The molecule has 3 rings (SSSR count). The summed E-state index contributed by atoms with van der Waals surface area (Å²) in [4.78, 5) is 18.3. The third-order valence-corrected chi connectivity index (χ3v) is 5.36. The average Bonchev–Trinajstić information content (AvgIpc) is 2.78. The molecule has 6 nitrogen and oxygen atoms in total. The first-order chi connectivity index (χ1) is 14.6. The molecule has 1 heterocycles. The quantitative estimate of drug-likeness (QED) is 0.505. The van der Waals surface area contributed by atoms with Gasteiger partial charge in [0.05, 0.1) is 0 Å². The topological polar surface area (TPSA) is 68.8 Å². The largest absolute Gasteiger partial charge is 0.371 e. The molecule has 7 heteroatoms. The van der Waals surface area contributed by atoms with E-state index in [-0.39, 0.29) is 11.7 Å². The van der Waals surface area contributed by atoms with Crippen LogP contribution in [0.15, 0.2) is 53.5 Å². The molecule has 0 atom stereocenters. The van der Waals surface area contributed by atoms with Gasteiger partial charge in [-0.05, 0) is 55.2 Å². The lowest BCUT2D eigenvalue weighted by Crippen LogP contribution is -2.49. The molecule has 0 spiro atoms. The predicted molar refractivity (Wildman–Crippen MR) is 120 cm³/mol. The zero-order chi connectivity index (χ0) is 21.3. The lowest BCUT2D eigenvalue weighted by Gasteiger charge is -2.34. The van der Waals surface area contributed by atoms with Gasteiger partial charge in [-0.3, -0.25) is 9.79 Å². The van der Waals surface area contributed by atoms with Crippen molar-refractivity contribution in [3.05, 3.63) is 65.5 Å². The number of carbonyl (C=O) groups excluding carboxylic acids is 1. The number of nitrogens with one attached hydrogen (secondary N) is 3. The maximum absolute atomic E-state index is 13.5. The van der Waals surface area contributed by atoms with Crippen molar-refractivity contribution in [1.82, 2.24) is 16.0 Å². The van der Waals surface area contributed by atoms with Gasteiger partial charge < -0.3 is 20.9 Å². The van der Waals surface area contributed by atoms with Gasteiger partial charge in [0.1, 0.15) is 5.82 Å². The molecule has 1 amide bonds. The SMILES string of the molecule is CN=C(NCCc1cccc(C(=O)NC)c1)NC1CCN(c2cccc(F)c2)CC1. The van der Waals surface area contributed by atoms with E-state index in [1.807, 2.05) is 30.3 Å². The molecular formula is C23H30FN5O. The second-order valence-corrected chi connectivity index (χ2v) is 7.41. The average molecular weight is 412 g/mol. The molecule has 1 aliphatic rings. The highest BCUT2D eigenvalue weighted by Crippen LogP contribution is 2.20. The highest BCUT2D eigenvalue weighted by molar-refractivity contribution is 5.94. The summed E-state index contributed by atoms with van der Waals surface area (Å²) in [5, 5.41) is 9.49. The molecule has 0 bridgehead atoms. The number of aliphatic imine (C=N–C) groups is 1. The van der Waals surface area contributed by atoms with E-state index in [2.05, 4.69) is 25.8 Å². The number of amides is 1. The van der Waals surface area contributed by atoms with Crippen molar-refractivity contribution in [1.29, 1.82) is 0 Å². The van der Waals surface area contributed by atoms with Crippen molar-refractivity contribution in [2.75, 3.05) is 38.6 Å². The normalized spacial score (nSPS) is 15.0. The number of nitrogens with zero attached hydrogens (tertiary/aromatic N) is 2. The molecule has 0 radical (unpaired) electrons. The molecule has 1 aliphatic heterocycles. The molecule has 0 aromatic heterocycles. The fourth-order valence-corrected chi connectivity index (χ4v) is 3.68. The number of hydrogen-bond acceptors (Lipinski definition) is 3. The summed E-state index contributed by atoms with van der Waals surface area (Å²) in [5.74, 6) is 0.506. The number of hydrogen-bond donors (Lipinski definition) is 3. The van der Waals surface area contributed by atoms with Crippen LogP contribution in [0.2, 0.25) is 0 Å². The summed E-state index contributed by atoms with van der Waals surface area (Å²) >= 11 is 0. The van der Waals surface area contributed by atoms with E-state index in [1.54, 1.807) is 26.2 Å². The Hall–Kier alpha value is -3.09. The molecule has 160 valence electrons. The Balaban J connectivity index is 1.44. The number of anilines is 1. The zero-order valence-corrected chi connectivity index (χ0v) is 17.6. The smallest absolute Gasteiger partial charge is 0.251 e. The van der Waals surface area contributed by atoms with Gasteiger partial charge in [0, 0.05) is 51.0 Å². The summed E-state index contributed by atoms with van der Waals surface area (Å²) in [6, 6.07) is 14.8. The second kappa shape index (κ2) is 10.6. The minimum atomic E-state index is -0.196. The molecule has 1 fully saturated rings. The van der Waals surface area contributed by atoms with Crippen LogP contribution >= 0.6 is 0 Å². The number of carbonyl (C=O) groups is 1. The molecule has 3 N–H and O–H groups in total. The summed E-state index contributed by atoms with van der Waals surface area (Å²) < 4.78 is 13.5. The third-order valence-electron chi connectivity index (χ3n) is 5.36. The highest BCUT2D eigenvalue weighted by atomic mass is 19.1. The van der Waals surface area contributed by atoms with Crippen molar-refractivity contribution in [2.24, 2.45) is 4.99 Å². The maximum atomic E-state index is 13.5. The van der Waals surface area contributed by atoms with Crippen molar-refractivity contribution in [3.63, 3.8) is 0 Å². The first-order valence-electron chi connectivity index (χ1n) is 10.4. The van der Waals surface area contributed by atoms with E-state index < -0.39 is 0 Å². The van der Waals surface area contributed by atoms with Crippen LogP contribution < -0.4 is 20.9 Å². The van der Waals surface area contributed by atoms with E-state index in [0.717, 1.165) is 56.1 Å². The Morgan fingerprint density at radius 2 is 1.93 bits per heavy atom.